The van der Waals surface area contributed by atoms with Gasteiger partial charge in [-0.2, -0.15) is 0 Å². The molecule has 2 aliphatic heterocycles. The zero-order valence-corrected chi connectivity index (χ0v) is 22.2. The molecule has 3 fully saturated rings. The van der Waals surface area contributed by atoms with Gasteiger partial charge in [-0.1, -0.05) is 13.3 Å². The lowest BCUT2D eigenvalue weighted by Gasteiger charge is -2.29. The van der Waals surface area contributed by atoms with Gasteiger partial charge in [0.15, 0.2) is 17.3 Å². The standard InChI is InChI=1S/C28H36N4O6/c1-4-22(33)20(12-15-10-11-29-26(15)34)31-27(35)24-17-7-5-6-16(17)14-32(24)28(36)21-13-18-19(30-21)8-9-23(37-2)25(18)38-3/h8-9,13,15-17,20,24,30H,4-7,10-12,14H2,1-3H3,(H,29,34)(H,31,35). The minimum atomic E-state index is -0.747. The van der Waals surface area contributed by atoms with E-state index in [1.165, 1.54) is 0 Å². The molecule has 3 aliphatic rings. The third-order valence-electron chi connectivity index (χ3n) is 8.53. The first-order valence-electron chi connectivity index (χ1n) is 13.5. The Balaban J connectivity index is 1.41. The Kier molecular flexibility index (Phi) is 7.32. The molecule has 1 saturated carbocycles. The summed E-state index contributed by atoms with van der Waals surface area (Å²) in [5.41, 5.74) is 1.10. The molecule has 10 nitrogen and oxygen atoms in total. The van der Waals surface area contributed by atoms with Crippen LogP contribution in [0.25, 0.3) is 10.9 Å². The molecule has 38 heavy (non-hydrogen) atoms. The lowest BCUT2D eigenvalue weighted by molar-refractivity contribution is -0.132. The Morgan fingerprint density at radius 3 is 2.66 bits per heavy atom. The number of rotatable bonds is 9. The van der Waals surface area contributed by atoms with E-state index in [1.807, 2.05) is 6.07 Å². The van der Waals surface area contributed by atoms with E-state index in [1.54, 1.807) is 38.2 Å². The molecule has 5 atom stereocenters. The van der Waals surface area contributed by atoms with Gasteiger partial charge in [-0.3, -0.25) is 19.2 Å². The zero-order chi connectivity index (χ0) is 27.0. The molecular weight excluding hydrogens is 488 g/mol. The molecule has 0 radical (unpaired) electrons. The van der Waals surface area contributed by atoms with Crippen molar-refractivity contribution in [3.63, 3.8) is 0 Å². The van der Waals surface area contributed by atoms with E-state index in [-0.39, 0.29) is 54.1 Å². The normalized spacial score (nSPS) is 25.2. The Hall–Kier alpha value is -3.56. The zero-order valence-electron chi connectivity index (χ0n) is 22.2. The van der Waals surface area contributed by atoms with E-state index in [9.17, 15) is 19.2 Å². The van der Waals surface area contributed by atoms with E-state index in [2.05, 4.69) is 15.6 Å². The second kappa shape index (κ2) is 10.7. The summed E-state index contributed by atoms with van der Waals surface area (Å²) in [6.45, 7) is 2.84. The Bertz CT molecular complexity index is 1260. The second-order valence-corrected chi connectivity index (χ2v) is 10.6. The van der Waals surface area contributed by atoms with Crippen molar-refractivity contribution in [2.24, 2.45) is 17.8 Å². The third-order valence-corrected chi connectivity index (χ3v) is 8.53. The summed E-state index contributed by atoms with van der Waals surface area (Å²) in [6.07, 6.45) is 4.04. The molecule has 3 N–H and O–H groups in total. The van der Waals surface area contributed by atoms with Crippen LogP contribution in [-0.2, 0) is 14.4 Å². The van der Waals surface area contributed by atoms with Crippen LogP contribution in [0.5, 0.6) is 11.5 Å². The van der Waals surface area contributed by atoms with Crippen LogP contribution in [0.3, 0.4) is 0 Å². The number of ketones is 1. The van der Waals surface area contributed by atoms with Gasteiger partial charge < -0.3 is 30.0 Å². The Labute approximate surface area is 221 Å². The van der Waals surface area contributed by atoms with Crippen molar-refractivity contribution >= 4 is 34.4 Å². The molecule has 3 amide bonds. The average molecular weight is 525 g/mol. The molecule has 1 aromatic carbocycles. The number of likely N-dealkylation sites (tertiary alicyclic amines) is 1. The molecule has 2 aromatic rings. The van der Waals surface area contributed by atoms with Crippen molar-refractivity contribution in [3.8, 4) is 11.5 Å². The van der Waals surface area contributed by atoms with Crippen LogP contribution < -0.4 is 20.1 Å². The first-order chi connectivity index (χ1) is 18.4. The van der Waals surface area contributed by atoms with Gasteiger partial charge in [0, 0.05) is 30.8 Å². The molecule has 0 spiro atoms. The van der Waals surface area contributed by atoms with Gasteiger partial charge in [-0.15, -0.1) is 0 Å². The SMILES string of the molecule is CCC(=O)C(CC1CCNC1=O)NC(=O)C1C2CCCC2CN1C(=O)c1cc2c(OC)c(OC)ccc2[nH]1. The average Bonchev–Trinajstić information content (AvgIpc) is 3.70. The predicted octanol–water partition coefficient (Wildman–Crippen LogP) is 2.42. The van der Waals surface area contributed by atoms with Crippen molar-refractivity contribution in [1.29, 1.82) is 0 Å². The highest BCUT2D eigenvalue weighted by atomic mass is 16.5. The maximum absolute atomic E-state index is 13.8. The smallest absolute Gasteiger partial charge is 0.271 e. The van der Waals surface area contributed by atoms with Gasteiger partial charge >= 0.3 is 0 Å². The van der Waals surface area contributed by atoms with Gasteiger partial charge in [-0.25, -0.2) is 0 Å². The molecule has 0 bridgehead atoms. The summed E-state index contributed by atoms with van der Waals surface area (Å²) in [5, 5.41) is 6.48. The molecule has 204 valence electrons. The maximum Gasteiger partial charge on any atom is 0.271 e. The third kappa shape index (κ3) is 4.61. The number of aromatic amines is 1. The molecule has 5 rings (SSSR count). The number of amides is 3. The highest BCUT2D eigenvalue weighted by Gasteiger charge is 2.50. The predicted molar refractivity (Wildman–Crippen MR) is 140 cm³/mol. The number of methoxy groups -OCH3 is 2. The largest absolute Gasteiger partial charge is 0.493 e. The van der Waals surface area contributed by atoms with Gasteiger partial charge in [0.2, 0.25) is 11.8 Å². The number of carbonyl (C=O) groups is 4. The van der Waals surface area contributed by atoms with E-state index in [0.29, 0.717) is 36.7 Å². The summed E-state index contributed by atoms with van der Waals surface area (Å²) >= 11 is 0. The van der Waals surface area contributed by atoms with Gasteiger partial charge in [-0.05, 0) is 55.7 Å². The Morgan fingerprint density at radius 2 is 1.97 bits per heavy atom. The van der Waals surface area contributed by atoms with Crippen LogP contribution in [0.1, 0.15) is 55.9 Å². The number of benzene rings is 1. The number of fused-ring (bicyclic) bond motifs is 2. The van der Waals surface area contributed by atoms with Gasteiger partial charge in [0.25, 0.3) is 5.91 Å². The van der Waals surface area contributed by atoms with Crippen molar-refractivity contribution in [3.05, 3.63) is 23.9 Å². The van der Waals surface area contributed by atoms with E-state index in [0.717, 1.165) is 30.2 Å². The minimum absolute atomic E-state index is 0.0464. The highest BCUT2D eigenvalue weighted by molar-refractivity contribution is 6.03. The quantitative estimate of drug-likeness (QED) is 0.462. The number of nitrogens with zero attached hydrogens (tertiary/aromatic N) is 1. The fourth-order valence-electron chi connectivity index (χ4n) is 6.58. The molecule has 5 unspecified atom stereocenters. The number of hydrogen-bond donors (Lipinski definition) is 3. The highest BCUT2D eigenvalue weighted by Crippen LogP contribution is 2.43. The van der Waals surface area contributed by atoms with Crippen molar-refractivity contribution in [1.82, 2.24) is 20.5 Å². The second-order valence-electron chi connectivity index (χ2n) is 10.6. The van der Waals surface area contributed by atoms with Crippen LogP contribution in [0.2, 0.25) is 0 Å². The topological polar surface area (TPSA) is 130 Å². The monoisotopic (exact) mass is 524 g/mol. The maximum atomic E-state index is 13.8. The summed E-state index contributed by atoms with van der Waals surface area (Å²) in [6, 6.07) is 3.93. The minimum Gasteiger partial charge on any atom is -0.493 e. The fourth-order valence-corrected chi connectivity index (χ4v) is 6.58. The number of nitrogens with one attached hydrogen (secondary N) is 3. The number of aromatic nitrogens is 1. The number of ether oxygens (including phenoxy) is 2. The fraction of sp³-hybridized carbons (Fsp3) is 0.571. The van der Waals surface area contributed by atoms with E-state index >= 15 is 0 Å². The van der Waals surface area contributed by atoms with E-state index in [4.69, 9.17) is 9.47 Å². The van der Waals surface area contributed by atoms with Crippen LogP contribution in [-0.4, -0.2) is 72.8 Å². The summed E-state index contributed by atoms with van der Waals surface area (Å²) in [5.74, 6) is 0.340. The van der Waals surface area contributed by atoms with Crippen LogP contribution >= 0.6 is 0 Å². The van der Waals surface area contributed by atoms with Crippen molar-refractivity contribution in [2.75, 3.05) is 27.3 Å². The van der Waals surface area contributed by atoms with Crippen molar-refractivity contribution in [2.45, 2.75) is 57.5 Å². The van der Waals surface area contributed by atoms with Crippen LogP contribution in [0.4, 0.5) is 0 Å². The molecular formula is C28H36N4O6. The Morgan fingerprint density at radius 1 is 1.16 bits per heavy atom. The molecule has 1 aliphatic carbocycles. The molecule has 2 saturated heterocycles. The van der Waals surface area contributed by atoms with Crippen LogP contribution in [0, 0.1) is 17.8 Å². The summed E-state index contributed by atoms with van der Waals surface area (Å²) < 4.78 is 10.9. The lowest BCUT2D eigenvalue weighted by atomic mass is 9.91. The van der Waals surface area contributed by atoms with Gasteiger partial charge in [0.1, 0.15) is 11.7 Å². The number of H-pyrrole nitrogens is 1. The van der Waals surface area contributed by atoms with Crippen LogP contribution in [0.15, 0.2) is 18.2 Å². The summed E-state index contributed by atoms with van der Waals surface area (Å²) in [4.78, 5) is 57.4. The molecule has 1 aromatic heterocycles. The van der Waals surface area contributed by atoms with Crippen molar-refractivity contribution < 1.29 is 28.7 Å². The molecule has 3 heterocycles. The number of carbonyl (C=O) groups excluding carboxylic acids is 4. The van der Waals surface area contributed by atoms with E-state index < -0.39 is 12.1 Å². The first-order valence-corrected chi connectivity index (χ1v) is 13.5. The number of hydrogen-bond acceptors (Lipinski definition) is 6. The lowest BCUT2D eigenvalue weighted by Crippen LogP contribution is -2.53. The number of Topliss-reactive ketones (excluding diaryl/α,β-unsaturated/α-hetero) is 1. The molecule has 10 heteroatoms. The summed E-state index contributed by atoms with van der Waals surface area (Å²) in [7, 11) is 3.11. The van der Waals surface area contributed by atoms with Gasteiger partial charge in [0.05, 0.1) is 25.8 Å². The first kappa shape index (κ1) is 26.1.